The van der Waals surface area contributed by atoms with E-state index in [0.29, 0.717) is 59.1 Å². The maximum atomic E-state index is 11.5. The number of rotatable bonds is 4. The van der Waals surface area contributed by atoms with Crippen molar-refractivity contribution in [3.63, 3.8) is 0 Å². The minimum Gasteiger partial charge on any atom is -0.480 e. The van der Waals surface area contributed by atoms with Gasteiger partial charge in [-0.3, -0.25) is 4.79 Å². The molecule has 1 aliphatic rings. The molecule has 1 fully saturated rings. The van der Waals surface area contributed by atoms with E-state index in [1.165, 1.54) is 13.3 Å². The van der Waals surface area contributed by atoms with Gasteiger partial charge in [0, 0.05) is 61.3 Å². The van der Waals surface area contributed by atoms with Gasteiger partial charge in [-0.05, 0) is 24.3 Å². The Balaban J connectivity index is 1.70. The van der Waals surface area contributed by atoms with Gasteiger partial charge in [0.05, 0.1) is 17.7 Å². The van der Waals surface area contributed by atoms with Crippen LogP contribution in [0.2, 0.25) is 5.02 Å². The molecule has 2 N–H and O–H groups in total. The molecule has 30 heavy (non-hydrogen) atoms. The highest BCUT2D eigenvalue weighted by Crippen LogP contribution is 2.38. The van der Waals surface area contributed by atoms with E-state index in [1.807, 2.05) is 17.0 Å². The molecule has 1 aliphatic heterocycles. The minimum absolute atomic E-state index is 0.0751. The first-order valence-corrected chi connectivity index (χ1v) is 9.86. The van der Waals surface area contributed by atoms with E-state index in [2.05, 4.69) is 14.9 Å². The summed E-state index contributed by atoms with van der Waals surface area (Å²) in [4.78, 5) is 34.5. The molecule has 2 aromatic heterocycles. The van der Waals surface area contributed by atoms with Gasteiger partial charge in [-0.1, -0.05) is 11.6 Å². The maximum absolute atomic E-state index is 11.5. The molecule has 0 aliphatic carbocycles. The quantitative estimate of drug-likeness (QED) is 0.661. The second-order valence-corrected chi connectivity index (χ2v) is 7.51. The van der Waals surface area contributed by atoms with Crippen LogP contribution >= 0.6 is 11.6 Å². The fraction of sp³-hybridized carbons (Fsp3) is 0.286. The van der Waals surface area contributed by atoms with Crippen molar-refractivity contribution in [3.05, 3.63) is 41.0 Å². The Morgan fingerprint density at radius 3 is 2.53 bits per heavy atom. The fourth-order valence-electron chi connectivity index (χ4n) is 3.74. The summed E-state index contributed by atoms with van der Waals surface area (Å²) in [5.74, 6) is 0.213. The Kier molecular flexibility index (Phi) is 5.26. The topological polar surface area (TPSA) is 98.8 Å². The lowest BCUT2D eigenvalue weighted by atomic mass is 10.0. The summed E-state index contributed by atoms with van der Waals surface area (Å²) >= 11 is 6.49. The van der Waals surface area contributed by atoms with Gasteiger partial charge in [0.2, 0.25) is 11.8 Å². The number of carboxylic acid groups (broad SMARTS) is 1. The van der Waals surface area contributed by atoms with Crippen LogP contribution in [-0.4, -0.2) is 65.1 Å². The van der Waals surface area contributed by atoms with Gasteiger partial charge < -0.3 is 24.6 Å². The number of piperazine rings is 1. The number of fused-ring (bicyclic) bond motifs is 1. The van der Waals surface area contributed by atoms with Crippen molar-refractivity contribution in [3.8, 4) is 17.0 Å². The van der Waals surface area contributed by atoms with Gasteiger partial charge in [-0.2, -0.15) is 4.98 Å². The SMILES string of the molecule is COc1nc(N2CCN(C(C)=O)CC2)ccc1-c1cc2c(C(=O)O)c[nH]c2cc1Cl. The van der Waals surface area contributed by atoms with Crippen LogP contribution in [0, 0.1) is 0 Å². The highest BCUT2D eigenvalue weighted by atomic mass is 35.5. The molecule has 4 rings (SSSR count). The Hall–Kier alpha value is -3.26. The third-order valence-corrected chi connectivity index (χ3v) is 5.69. The van der Waals surface area contributed by atoms with E-state index < -0.39 is 5.97 Å². The van der Waals surface area contributed by atoms with E-state index in [-0.39, 0.29) is 11.5 Å². The second-order valence-electron chi connectivity index (χ2n) is 7.10. The molecule has 8 nitrogen and oxygen atoms in total. The van der Waals surface area contributed by atoms with E-state index in [9.17, 15) is 14.7 Å². The van der Waals surface area contributed by atoms with Gasteiger partial charge in [0.25, 0.3) is 0 Å². The monoisotopic (exact) mass is 428 g/mol. The molecule has 1 aromatic carbocycles. The number of nitrogens with zero attached hydrogens (tertiary/aromatic N) is 3. The zero-order valence-corrected chi connectivity index (χ0v) is 17.4. The number of aromatic carboxylic acids is 1. The van der Waals surface area contributed by atoms with Crippen LogP contribution in [0.15, 0.2) is 30.5 Å². The van der Waals surface area contributed by atoms with Crippen molar-refractivity contribution >= 4 is 40.2 Å². The third kappa shape index (κ3) is 3.54. The number of carboxylic acids is 1. The molecule has 156 valence electrons. The molecule has 3 heterocycles. The number of halogens is 1. The molecule has 0 bridgehead atoms. The van der Waals surface area contributed by atoms with Crippen molar-refractivity contribution in [2.45, 2.75) is 6.92 Å². The normalized spacial score (nSPS) is 14.2. The predicted octanol–water partition coefficient (Wildman–Crippen LogP) is 3.26. The minimum atomic E-state index is -1.01. The Bertz CT molecular complexity index is 1140. The maximum Gasteiger partial charge on any atom is 0.337 e. The van der Waals surface area contributed by atoms with Crippen LogP contribution in [0.25, 0.3) is 22.0 Å². The molecule has 1 amide bonds. The molecule has 0 saturated carbocycles. The first-order chi connectivity index (χ1) is 14.4. The van der Waals surface area contributed by atoms with Crippen LogP contribution in [-0.2, 0) is 4.79 Å². The van der Waals surface area contributed by atoms with Crippen LogP contribution in [0.5, 0.6) is 5.88 Å². The van der Waals surface area contributed by atoms with Gasteiger partial charge in [0.15, 0.2) is 0 Å². The number of aromatic amines is 1. The lowest BCUT2D eigenvalue weighted by molar-refractivity contribution is -0.129. The second kappa shape index (κ2) is 7.87. The molecular formula is C21H21ClN4O4. The highest BCUT2D eigenvalue weighted by molar-refractivity contribution is 6.34. The van der Waals surface area contributed by atoms with E-state index in [4.69, 9.17) is 16.3 Å². The summed E-state index contributed by atoms with van der Waals surface area (Å²) in [6.45, 7) is 4.25. The smallest absolute Gasteiger partial charge is 0.337 e. The summed E-state index contributed by atoms with van der Waals surface area (Å²) in [7, 11) is 1.54. The number of hydrogen-bond acceptors (Lipinski definition) is 5. The molecule has 0 spiro atoms. The molecular weight excluding hydrogens is 408 g/mol. The van der Waals surface area contributed by atoms with Crippen molar-refractivity contribution in [1.29, 1.82) is 0 Å². The third-order valence-electron chi connectivity index (χ3n) is 5.38. The number of carbonyl (C=O) groups excluding carboxylic acids is 1. The zero-order chi connectivity index (χ0) is 21.4. The Morgan fingerprint density at radius 1 is 1.17 bits per heavy atom. The number of carbonyl (C=O) groups is 2. The van der Waals surface area contributed by atoms with Crippen LogP contribution < -0.4 is 9.64 Å². The molecule has 3 aromatic rings. The molecule has 0 atom stereocenters. The number of H-pyrrole nitrogens is 1. The first kappa shape index (κ1) is 20.0. The largest absolute Gasteiger partial charge is 0.480 e. The van der Waals surface area contributed by atoms with Crippen molar-refractivity contribution in [2.75, 3.05) is 38.2 Å². The number of nitrogens with one attached hydrogen (secondary N) is 1. The summed E-state index contributed by atoms with van der Waals surface area (Å²) in [6.07, 6.45) is 1.45. The Morgan fingerprint density at radius 2 is 1.90 bits per heavy atom. The standard InChI is InChI=1S/C21H21ClN4O4/c1-12(27)25-5-7-26(8-6-25)19-4-3-13(20(24-19)30-2)14-9-15-16(21(28)29)11-23-18(15)10-17(14)22/h3-4,9-11,23H,5-8H2,1-2H3,(H,28,29). The van der Waals surface area contributed by atoms with Gasteiger partial charge in [-0.15, -0.1) is 0 Å². The first-order valence-electron chi connectivity index (χ1n) is 9.49. The number of benzene rings is 1. The summed E-state index contributed by atoms with van der Waals surface area (Å²) in [6, 6.07) is 7.20. The number of aromatic nitrogens is 2. The predicted molar refractivity (Wildman–Crippen MR) is 115 cm³/mol. The van der Waals surface area contributed by atoms with Crippen LogP contribution in [0.4, 0.5) is 5.82 Å². The number of anilines is 1. The number of amides is 1. The zero-order valence-electron chi connectivity index (χ0n) is 16.6. The highest BCUT2D eigenvalue weighted by Gasteiger charge is 2.22. The van der Waals surface area contributed by atoms with E-state index in [1.54, 1.807) is 19.1 Å². The van der Waals surface area contributed by atoms with Crippen molar-refractivity contribution < 1.29 is 19.4 Å². The molecule has 0 unspecified atom stereocenters. The van der Waals surface area contributed by atoms with Gasteiger partial charge in [-0.25, -0.2) is 4.79 Å². The lowest BCUT2D eigenvalue weighted by Crippen LogP contribution is -2.48. The number of pyridine rings is 1. The summed E-state index contributed by atoms with van der Waals surface area (Å²) in [5, 5.41) is 10.4. The van der Waals surface area contributed by atoms with E-state index >= 15 is 0 Å². The number of hydrogen-bond donors (Lipinski definition) is 2. The van der Waals surface area contributed by atoms with Gasteiger partial charge >= 0.3 is 5.97 Å². The van der Waals surface area contributed by atoms with Crippen molar-refractivity contribution in [1.82, 2.24) is 14.9 Å². The van der Waals surface area contributed by atoms with Crippen LogP contribution in [0.3, 0.4) is 0 Å². The number of ether oxygens (including phenoxy) is 1. The van der Waals surface area contributed by atoms with Gasteiger partial charge in [0.1, 0.15) is 5.82 Å². The lowest BCUT2D eigenvalue weighted by Gasteiger charge is -2.35. The van der Waals surface area contributed by atoms with Crippen LogP contribution in [0.1, 0.15) is 17.3 Å². The van der Waals surface area contributed by atoms with Crippen molar-refractivity contribution in [2.24, 2.45) is 0 Å². The summed E-state index contributed by atoms with van der Waals surface area (Å²) in [5.41, 5.74) is 2.14. The van der Waals surface area contributed by atoms with E-state index in [0.717, 1.165) is 5.82 Å². The fourth-order valence-corrected chi connectivity index (χ4v) is 4.01. The summed E-state index contributed by atoms with van der Waals surface area (Å²) < 4.78 is 5.53. The average molecular weight is 429 g/mol. The molecule has 0 radical (unpaired) electrons. The average Bonchev–Trinajstić information content (AvgIpc) is 3.15. The molecule has 1 saturated heterocycles. The Labute approximate surface area is 178 Å². The number of methoxy groups -OCH3 is 1. The molecule has 9 heteroatoms.